The molecule has 0 amide bonds. The first kappa shape index (κ1) is 9.92. The molecule has 0 spiro atoms. The van der Waals surface area contributed by atoms with Gasteiger partial charge in [-0.25, -0.2) is 9.37 Å². The molecule has 0 bridgehead atoms. The lowest BCUT2D eigenvalue weighted by atomic mass is 10.3. The van der Waals surface area contributed by atoms with E-state index in [1.165, 1.54) is 17.4 Å². The van der Waals surface area contributed by atoms with Crippen molar-refractivity contribution < 1.29 is 9.13 Å². The molecule has 3 nitrogen and oxygen atoms in total. The summed E-state index contributed by atoms with van der Waals surface area (Å²) < 4.78 is 18.4. The second-order valence-electron chi connectivity index (χ2n) is 2.89. The highest BCUT2D eigenvalue weighted by Gasteiger charge is 2.03. The van der Waals surface area contributed by atoms with E-state index in [4.69, 9.17) is 10.5 Å². The van der Waals surface area contributed by atoms with Crippen molar-refractivity contribution in [1.82, 2.24) is 4.98 Å². The summed E-state index contributed by atoms with van der Waals surface area (Å²) in [7, 11) is 0. The van der Waals surface area contributed by atoms with Crippen LogP contribution in [0.15, 0.2) is 29.6 Å². The Bertz CT molecular complexity index is 458. The van der Waals surface area contributed by atoms with Gasteiger partial charge in [0, 0.05) is 5.38 Å². The number of rotatable bonds is 3. The molecule has 0 saturated heterocycles. The third kappa shape index (κ3) is 2.44. The first-order valence-electron chi connectivity index (χ1n) is 4.33. The molecule has 0 radical (unpaired) electrons. The number of ether oxygens (including phenoxy) is 1. The summed E-state index contributed by atoms with van der Waals surface area (Å²) in [6, 6.07) is 6.26. The number of thiazole rings is 1. The van der Waals surface area contributed by atoms with Gasteiger partial charge in [0.1, 0.15) is 17.4 Å². The average molecular weight is 224 g/mol. The standard InChI is InChI=1S/C10H9FN2OS/c11-7-3-1-2-4-8(7)14-5-10-13-9(12)6-15-10/h1-4,6H,5,12H2. The van der Waals surface area contributed by atoms with Crippen molar-refractivity contribution in [2.45, 2.75) is 6.61 Å². The Morgan fingerprint density at radius 1 is 1.40 bits per heavy atom. The molecule has 2 rings (SSSR count). The van der Waals surface area contributed by atoms with Crippen LogP contribution in [0.1, 0.15) is 5.01 Å². The third-order valence-electron chi connectivity index (χ3n) is 1.76. The largest absolute Gasteiger partial charge is 0.483 e. The van der Waals surface area contributed by atoms with Gasteiger partial charge in [-0.2, -0.15) is 0 Å². The van der Waals surface area contributed by atoms with Crippen LogP contribution in [-0.2, 0) is 6.61 Å². The van der Waals surface area contributed by atoms with E-state index >= 15 is 0 Å². The fourth-order valence-corrected chi connectivity index (χ4v) is 1.69. The van der Waals surface area contributed by atoms with Gasteiger partial charge in [-0.15, -0.1) is 11.3 Å². The summed E-state index contributed by atoms with van der Waals surface area (Å²) in [5.74, 6) is 0.320. The highest BCUT2D eigenvalue weighted by atomic mass is 32.1. The van der Waals surface area contributed by atoms with Crippen LogP contribution in [0.5, 0.6) is 5.75 Å². The van der Waals surface area contributed by atoms with Crippen molar-refractivity contribution >= 4 is 17.2 Å². The number of para-hydroxylation sites is 1. The quantitative estimate of drug-likeness (QED) is 0.871. The Labute approximate surface area is 90.3 Å². The molecule has 0 fully saturated rings. The van der Waals surface area contributed by atoms with Crippen LogP contribution in [0.25, 0.3) is 0 Å². The fourth-order valence-electron chi connectivity index (χ4n) is 1.09. The van der Waals surface area contributed by atoms with Gasteiger partial charge in [-0.05, 0) is 12.1 Å². The molecule has 0 unspecified atom stereocenters. The molecule has 1 aromatic heterocycles. The van der Waals surface area contributed by atoms with Crippen molar-refractivity contribution in [3.63, 3.8) is 0 Å². The van der Waals surface area contributed by atoms with Gasteiger partial charge in [-0.1, -0.05) is 12.1 Å². The Balaban J connectivity index is 2.02. The Morgan fingerprint density at radius 3 is 2.87 bits per heavy atom. The first-order valence-corrected chi connectivity index (χ1v) is 5.21. The van der Waals surface area contributed by atoms with Gasteiger partial charge >= 0.3 is 0 Å². The number of nitrogens with two attached hydrogens (primary N) is 1. The molecule has 0 aliphatic carbocycles. The zero-order valence-electron chi connectivity index (χ0n) is 7.81. The van der Waals surface area contributed by atoms with Crippen LogP contribution in [0.3, 0.4) is 0 Å². The molecule has 0 aliphatic heterocycles. The van der Waals surface area contributed by atoms with Crippen molar-refractivity contribution in [1.29, 1.82) is 0 Å². The summed E-state index contributed by atoms with van der Waals surface area (Å²) in [5, 5.41) is 2.45. The summed E-state index contributed by atoms with van der Waals surface area (Å²) in [6.45, 7) is 0.239. The van der Waals surface area contributed by atoms with Gasteiger partial charge in [0.2, 0.25) is 0 Å². The molecule has 1 heterocycles. The van der Waals surface area contributed by atoms with Gasteiger partial charge in [0.05, 0.1) is 0 Å². The number of benzene rings is 1. The summed E-state index contributed by atoms with van der Waals surface area (Å²) in [5.41, 5.74) is 5.45. The molecule has 0 saturated carbocycles. The van der Waals surface area contributed by atoms with Crippen LogP contribution in [0, 0.1) is 5.82 Å². The normalized spacial score (nSPS) is 10.2. The molecule has 1 aromatic carbocycles. The lowest BCUT2D eigenvalue weighted by molar-refractivity contribution is 0.290. The van der Waals surface area contributed by atoms with E-state index in [2.05, 4.69) is 4.98 Å². The van der Waals surface area contributed by atoms with E-state index in [0.29, 0.717) is 5.82 Å². The van der Waals surface area contributed by atoms with Crippen LogP contribution in [0.2, 0.25) is 0 Å². The van der Waals surface area contributed by atoms with E-state index in [0.717, 1.165) is 5.01 Å². The van der Waals surface area contributed by atoms with E-state index in [1.807, 2.05) is 0 Å². The van der Waals surface area contributed by atoms with Gasteiger partial charge in [0.15, 0.2) is 11.6 Å². The molecule has 78 valence electrons. The van der Waals surface area contributed by atoms with Crippen LogP contribution in [-0.4, -0.2) is 4.98 Å². The van der Waals surface area contributed by atoms with Crippen LogP contribution >= 0.6 is 11.3 Å². The predicted molar refractivity (Wildman–Crippen MR) is 57.3 cm³/mol. The highest BCUT2D eigenvalue weighted by molar-refractivity contribution is 7.09. The smallest absolute Gasteiger partial charge is 0.165 e. The summed E-state index contributed by atoms with van der Waals surface area (Å²) in [6.07, 6.45) is 0. The third-order valence-corrected chi connectivity index (χ3v) is 2.60. The van der Waals surface area contributed by atoms with Gasteiger partial charge in [-0.3, -0.25) is 0 Å². The Morgan fingerprint density at radius 2 is 2.20 bits per heavy atom. The molecule has 0 aliphatic rings. The van der Waals surface area contributed by atoms with E-state index in [-0.39, 0.29) is 18.2 Å². The highest BCUT2D eigenvalue weighted by Crippen LogP contribution is 2.18. The molecule has 0 atom stereocenters. The minimum atomic E-state index is -0.373. The van der Waals surface area contributed by atoms with Gasteiger partial charge in [0.25, 0.3) is 0 Å². The molecule has 2 aromatic rings. The number of halogens is 1. The number of hydrogen-bond acceptors (Lipinski definition) is 4. The maximum absolute atomic E-state index is 13.1. The Hall–Kier alpha value is -1.62. The zero-order valence-corrected chi connectivity index (χ0v) is 8.63. The van der Waals surface area contributed by atoms with E-state index in [1.54, 1.807) is 23.6 Å². The molecule has 5 heteroatoms. The number of anilines is 1. The number of aromatic nitrogens is 1. The van der Waals surface area contributed by atoms with Crippen molar-refractivity contribution in [2.24, 2.45) is 0 Å². The zero-order chi connectivity index (χ0) is 10.7. The van der Waals surface area contributed by atoms with Crippen molar-refractivity contribution in [2.75, 3.05) is 5.73 Å². The SMILES string of the molecule is Nc1csc(COc2ccccc2F)n1. The number of nitrogen functional groups attached to an aromatic ring is 1. The molecule has 15 heavy (non-hydrogen) atoms. The minimum Gasteiger partial charge on any atom is -0.483 e. The molecule has 2 N–H and O–H groups in total. The van der Waals surface area contributed by atoms with E-state index in [9.17, 15) is 4.39 Å². The van der Waals surface area contributed by atoms with Crippen LogP contribution < -0.4 is 10.5 Å². The van der Waals surface area contributed by atoms with Crippen molar-refractivity contribution in [3.05, 3.63) is 40.5 Å². The second kappa shape index (κ2) is 4.27. The average Bonchev–Trinajstić information content (AvgIpc) is 2.63. The lowest BCUT2D eigenvalue weighted by Crippen LogP contribution is -1.97. The summed E-state index contributed by atoms with van der Waals surface area (Å²) in [4.78, 5) is 4.00. The summed E-state index contributed by atoms with van der Waals surface area (Å²) >= 11 is 1.39. The number of hydrogen-bond donors (Lipinski definition) is 1. The minimum absolute atomic E-state index is 0.228. The van der Waals surface area contributed by atoms with E-state index < -0.39 is 0 Å². The maximum Gasteiger partial charge on any atom is 0.165 e. The van der Waals surface area contributed by atoms with Gasteiger partial charge < -0.3 is 10.5 Å². The van der Waals surface area contributed by atoms with Crippen molar-refractivity contribution in [3.8, 4) is 5.75 Å². The topological polar surface area (TPSA) is 48.1 Å². The van der Waals surface area contributed by atoms with Crippen LogP contribution in [0.4, 0.5) is 10.2 Å². The Kier molecular flexibility index (Phi) is 2.82. The second-order valence-corrected chi connectivity index (χ2v) is 3.83. The monoisotopic (exact) mass is 224 g/mol. The predicted octanol–water partition coefficient (Wildman–Crippen LogP) is 2.44. The number of nitrogens with zero attached hydrogens (tertiary/aromatic N) is 1. The molecular formula is C10H9FN2OS. The molecular weight excluding hydrogens is 215 g/mol. The maximum atomic E-state index is 13.1. The lowest BCUT2D eigenvalue weighted by Gasteiger charge is -2.03. The fraction of sp³-hybridized carbons (Fsp3) is 0.100. The first-order chi connectivity index (χ1) is 7.25.